The van der Waals surface area contributed by atoms with Gasteiger partial charge in [-0.3, -0.25) is 0 Å². The molecule has 0 atom stereocenters. The average Bonchev–Trinajstić information content (AvgIpc) is 3.90. The van der Waals surface area contributed by atoms with E-state index >= 15 is 0 Å². The minimum atomic E-state index is -0.604. The molecule has 2 nitrogen and oxygen atoms in total. The van der Waals surface area contributed by atoms with Crippen molar-refractivity contribution >= 4 is 70.1 Å². The number of fused-ring (bicyclic) bond motifs is 14. The number of nitrogens with zero attached hydrogens (tertiary/aromatic N) is 1. The third-order valence-electron chi connectivity index (χ3n) is 14.1. The molecule has 0 radical (unpaired) electrons. The Morgan fingerprint density at radius 2 is 0.970 bits per heavy atom. The number of thiophene rings is 1. The molecule has 12 aromatic rings. The summed E-state index contributed by atoms with van der Waals surface area (Å²) < 4.78 is 9.30. The highest BCUT2D eigenvalue weighted by molar-refractivity contribution is 7.26. The highest BCUT2D eigenvalue weighted by atomic mass is 32.1. The van der Waals surface area contributed by atoms with Crippen molar-refractivity contribution < 1.29 is 4.74 Å². The summed E-state index contributed by atoms with van der Waals surface area (Å²) >= 11 is 1.89. The molecule has 66 heavy (non-hydrogen) atoms. The quantitative estimate of drug-likeness (QED) is 0.171. The highest BCUT2D eigenvalue weighted by Gasteiger charge is 2.51. The van der Waals surface area contributed by atoms with Gasteiger partial charge in [0.1, 0.15) is 11.5 Å². The second-order valence-corrected chi connectivity index (χ2v) is 18.6. The molecule has 1 aliphatic carbocycles. The fraction of sp³-hybridized carbons (Fsp3) is 0.0159. The molecule has 1 spiro atoms. The van der Waals surface area contributed by atoms with Crippen LogP contribution in [-0.2, 0) is 5.41 Å². The van der Waals surface area contributed by atoms with E-state index in [1.807, 2.05) is 11.3 Å². The lowest BCUT2D eigenvalue weighted by molar-refractivity contribution is 0.436. The van der Waals surface area contributed by atoms with Crippen LogP contribution in [0.5, 0.6) is 11.5 Å². The predicted octanol–water partition coefficient (Wildman–Crippen LogP) is 17.6. The lowest BCUT2D eigenvalue weighted by Gasteiger charge is -2.39. The van der Waals surface area contributed by atoms with Crippen LogP contribution >= 0.6 is 11.3 Å². The summed E-state index contributed by atoms with van der Waals surface area (Å²) in [5, 5.41) is 7.49. The summed E-state index contributed by atoms with van der Waals surface area (Å²) in [5.74, 6) is 1.78. The molecule has 0 bridgehead atoms. The number of ether oxygens (including phenoxy) is 1. The first-order valence-corrected chi connectivity index (χ1v) is 23.5. The number of para-hydroxylation sites is 2. The van der Waals surface area contributed by atoms with E-state index in [-0.39, 0.29) is 0 Å². The summed E-state index contributed by atoms with van der Waals surface area (Å²) in [4.78, 5) is 2.51. The zero-order valence-electron chi connectivity index (χ0n) is 35.8. The molecule has 0 fully saturated rings. The summed E-state index contributed by atoms with van der Waals surface area (Å²) in [5.41, 5.74) is 14.8. The van der Waals surface area contributed by atoms with Gasteiger partial charge in [0.2, 0.25) is 0 Å². The lowest BCUT2D eigenvalue weighted by atomic mass is 9.66. The zero-order chi connectivity index (χ0) is 43.3. The Morgan fingerprint density at radius 1 is 0.364 bits per heavy atom. The molecule has 0 amide bonds. The van der Waals surface area contributed by atoms with Crippen LogP contribution in [0.4, 0.5) is 17.1 Å². The maximum absolute atomic E-state index is 6.74. The van der Waals surface area contributed by atoms with Crippen LogP contribution in [0, 0.1) is 0 Å². The Balaban J connectivity index is 1.06. The molecule has 0 saturated carbocycles. The SMILES string of the molecule is c1ccc2c(c1)Oc1ccccc1C21c2ccccc2-c2ccc(N(c3ccc(-c4ccc5ccccc5c4)cc3)c3ccc4c(sc5ccccc54)c3-c3cccc4ccccc34)cc21. The third-order valence-corrected chi connectivity index (χ3v) is 15.3. The number of hydrogen-bond acceptors (Lipinski definition) is 3. The van der Waals surface area contributed by atoms with Crippen molar-refractivity contribution in [1.29, 1.82) is 0 Å². The molecule has 308 valence electrons. The molecule has 1 aromatic heterocycles. The van der Waals surface area contributed by atoms with Crippen molar-refractivity contribution in [3.8, 4) is 44.9 Å². The first kappa shape index (κ1) is 37.2. The standard InChI is InChI=1S/C63H39NOS/c1-2-16-43-38-44(29-28-40(43)14-1)41-30-32-45(33-31-41)64(57-37-36-52-50-20-6-12-27-60(50)66-62(52)61(57)51-21-13-17-42-15-3-4-18-47(42)51)46-34-35-49-48-19-5-7-22-53(48)63(56(49)39-46)54-23-8-10-25-58(54)65-59-26-11-9-24-55(59)63/h1-39H. The topological polar surface area (TPSA) is 12.5 Å². The molecule has 0 saturated heterocycles. The van der Waals surface area contributed by atoms with Crippen molar-refractivity contribution in [2.75, 3.05) is 4.90 Å². The van der Waals surface area contributed by atoms with E-state index in [0.717, 1.165) is 39.7 Å². The van der Waals surface area contributed by atoms with Crippen LogP contribution in [0.25, 0.3) is 75.1 Å². The van der Waals surface area contributed by atoms with Crippen LogP contribution in [0.3, 0.4) is 0 Å². The zero-order valence-corrected chi connectivity index (χ0v) is 36.6. The molecule has 3 heteroatoms. The molecule has 14 rings (SSSR count). The van der Waals surface area contributed by atoms with E-state index in [1.165, 1.54) is 86.2 Å². The van der Waals surface area contributed by atoms with Gasteiger partial charge in [-0.1, -0.05) is 182 Å². The Hall–Kier alpha value is -8.24. The van der Waals surface area contributed by atoms with Crippen LogP contribution in [-0.4, -0.2) is 0 Å². The maximum Gasteiger partial charge on any atom is 0.132 e. The second kappa shape index (κ2) is 14.4. The fourth-order valence-corrected chi connectivity index (χ4v) is 12.5. The summed E-state index contributed by atoms with van der Waals surface area (Å²) in [7, 11) is 0. The van der Waals surface area contributed by atoms with Crippen molar-refractivity contribution in [2.24, 2.45) is 0 Å². The van der Waals surface area contributed by atoms with Gasteiger partial charge >= 0.3 is 0 Å². The molecule has 0 N–H and O–H groups in total. The van der Waals surface area contributed by atoms with Gasteiger partial charge in [-0.2, -0.15) is 0 Å². The fourth-order valence-electron chi connectivity index (χ4n) is 11.2. The van der Waals surface area contributed by atoms with Crippen molar-refractivity contribution in [3.05, 3.63) is 259 Å². The number of rotatable bonds is 5. The Kier molecular flexibility index (Phi) is 8.10. The third kappa shape index (κ3) is 5.35. The van der Waals surface area contributed by atoms with Crippen molar-refractivity contribution in [3.63, 3.8) is 0 Å². The smallest absolute Gasteiger partial charge is 0.132 e. The van der Waals surface area contributed by atoms with Gasteiger partial charge in [0, 0.05) is 48.2 Å². The number of benzene rings is 11. The summed E-state index contributed by atoms with van der Waals surface area (Å²) in [6.07, 6.45) is 0. The van der Waals surface area contributed by atoms with E-state index < -0.39 is 5.41 Å². The molecule has 1 aliphatic heterocycles. The monoisotopic (exact) mass is 857 g/mol. The Morgan fingerprint density at radius 3 is 1.79 bits per heavy atom. The molecule has 0 unspecified atom stereocenters. The highest BCUT2D eigenvalue weighted by Crippen LogP contribution is 2.63. The van der Waals surface area contributed by atoms with E-state index in [1.54, 1.807) is 0 Å². The van der Waals surface area contributed by atoms with Crippen LogP contribution in [0.15, 0.2) is 237 Å². The van der Waals surface area contributed by atoms with Crippen molar-refractivity contribution in [2.45, 2.75) is 5.41 Å². The number of hydrogen-bond donors (Lipinski definition) is 0. The van der Waals surface area contributed by atoms with Crippen LogP contribution in [0.1, 0.15) is 22.3 Å². The van der Waals surface area contributed by atoms with Crippen LogP contribution < -0.4 is 9.64 Å². The maximum atomic E-state index is 6.74. The summed E-state index contributed by atoms with van der Waals surface area (Å²) in [6, 6.07) is 87.1. The molecular weight excluding hydrogens is 819 g/mol. The average molecular weight is 858 g/mol. The molecule has 2 heterocycles. The molecule has 11 aromatic carbocycles. The lowest BCUT2D eigenvalue weighted by Crippen LogP contribution is -2.32. The summed E-state index contributed by atoms with van der Waals surface area (Å²) in [6.45, 7) is 0. The van der Waals surface area contributed by atoms with Gasteiger partial charge in [0.15, 0.2) is 0 Å². The van der Waals surface area contributed by atoms with Gasteiger partial charge < -0.3 is 9.64 Å². The number of anilines is 3. The van der Waals surface area contributed by atoms with Gasteiger partial charge in [0.05, 0.1) is 11.1 Å². The minimum Gasteiger partial charge on any atom is -0.457 e. The first-order valence-electron chi connectivity index (χ1n) is 22.7. The van der Waals surface area contributed by atoms with E-state index in [0.29, 0.717) is 0 Å². The predicted molar refractivity (Wildman–Crippen MR) is 277 cm³/mol. The molecule has 2 aliphatic rings. The van der Waals surface area contributed by atoms with Gasteiger partial charge in [-0.15, -0.1) is 11.3 Å². The van der Waals surface area contributed by atoms with Crippen LogP contribution in [0.2, 0.25) is 0 Å². The van der Waals surface area contributed by atoms with Gasteiger partial charge in [-0.25, -0.2) is 0 Å². The largest absolute Gasteiger partial charge is 0.457 e. The van der Waals surface area contributed by atoms with Gasteiger partial charge in [-0.05, 0) is 115 Å². The Bertz CT molecular complexity index is 3890. The molecular formula is C63H39NOS. The normalized spacial score (nSPS) is 13.1. The van der Waals surface area contributed by atoms with E-state index in [9.17, 15) is 0 Å². The second-order valence-electron chi connectivity index (χ2n) is 17.5. The van der Waals surface area contributed by atoms with E-state index in [4.69, 9.17) is 4.74 Å². The van der Waals surface area contributed by atoms with E-state index in [2.05, 4.69) is 241 Å². The first-order chi connectivity index (χ1) is 32.7. The minimum absolute atomic E-state index is 0.604. The Labute approximate surface area is 386 Å². The van der Waals surface area contributed by atoms with Crippen molar-refractivity contribution in [1.82, 2.24) is 0 Å². The van der Waals surface area contributed by atoms with Gasteiger partial charge in [0.25, 0.3) is 0 Å².